The van der Waals surface area contributed by atoms with Crippen molar-refractivity contribution in [2.45, 2.75) is 44.6 Å². The third kappa shape index (κ3) is 2.75. The van der Waals surface area contributed by atoms with E-state index in [0.29, 0.717) is 17.0 Å². The first-order valence-electron chi connectivity index (χ1n) is 6.21. The van der Waals surface area contributed by atoms with Crippen LogP contribution in [0.15, 0.2) is 12.1 Å². The molecule has 0 amide bonds. The maximum atomic E-state index is 6.20. The molecule has 94 valence electrons. The standard InChI is InChI=1S/C14H20ClNO/c1-9-7-14(17-2)13(15)8-12(9)10-3-5-11(16)6-4-10/h7-8,10-11H,3-6,16H2,1-2H3. The van der Waals surface area contributed by atoms with Gasteiger partial charge in [0.1, 0.15) is 5.75 Å². The minimum Gasteiger partial charge on any atom is -0.495 e. The number of hydrogen-bond donors (Lipinski definition) is 1. The number of hydrogen-bond acceptors (Lipinski definition) is 2. The van der Waals surface area contributed by atoms with Crippen LogP contribution in [0.4, 0.5) is 0 Å². The van der Waals surface area contributed by atoms with E-state index in [1.807, 2.05) is 6.07 Å². The molecule has 0 spiro atoms. The van der Waals surface area contributed by atoms with E-state index < -0.39 is 0 Å². The van der Waals surface area contributed by atoms with Crippen LogP contribution in [-0.4, -0.2) is 13.2 Å². The molecular weight excluding hydrogens is 234 g/mol. The van der Waals surface area contributed by atoms with Crippen LogP contribution < -0.4 is 10.5 Å². The first kappa shape index (κ1) is 12.7. The van der Waals surface area contributed by atoms with Crippen molar-refractivity contribution in [1.29, 1.82) is 0 Å². The third-order valence-electron chi connectivity index (χ3n) is 3.75. The van der Waals surface area contributed by atoms with E-state index in [9.17, 15) is 0 Å². The first-order chi connectivity index (χ1) is 8.11. The van der Waals surface area contributed by atoms with Crippen LogP contribution in [-0.2, 0) is 0 Å². The van der Waals surface area contributed by atoms with Gasteiger partial charge in [-0.3, -0.25) is 0 Å². The van der Waals surface area contributed by atoms with E-state index >= 15 is 0 Å². The minimum atomic E-state index is 0.389. The van der Waals surface area contributed by atoms with Crippen LogP contribution >= 0.6 is 11.6 Å². The fraction of sp³-hybridized carbons (Fsp3) is 0.571. The van der Waals surface area contributed by atoms with Crippen molar-refractivity contribution in [3.8, 4) is 5.75 Å². The Bertz CT molecular complexity index is 397. The SMILES string of the molecule is COc1cc(C)c(C2CCC(N)CC2)cc1Cl. The van der Waals surface area contributed by atoms with Crippen molar-refractivity contribution in [1.82, 2.24) is 0 Å². The molecule has 0 aromatic heterocycles. The summed E-state index contributed by atoms with van der Waals surface area (Å²) in [5.41, 5.74) is 8.58. The lowest BCUT2D eigenvalue weighted by Crippen LogP contribution is -2.25. The summed E-state index contributed by atoms with van der Waals surface area (Å²) >= 11 is 6.20. The molecule has 2 N–H and O–H groups in total. The van der Waals surface area contributed by atoms with Crippen LogP contribution in [0, 0.1) is 6.92 Å². The Kier molecular flexibility index (Phi) is 3.95. The van der Waals surface area contributed by atoms with Crippen LogP contribution in [0.1, 0.15) is 42.7 Å². The molecule has 3 heteroatoms. The summed E-state index contributed by atoms with van der Waals surface area (Å²) in [6.45, 7) is 2.13. The summed E-state index contributed by atoms with van der Waals surface area (Å²) in [4.78, 5) is 0. The normalized spacial score (nSPS) is 24.7. The molecule has 0 unspecified atom stereocenters. The number of benzene rings is 1. The second-order valence-electron chi connectivity index (χ2n) is 4.96. The van der Waals surface area contributed by atoms with Gasteiger partial charge in [0.05, 0.1) is 12.1 Å². The highest BCUT2D eigenvalue weighted by molar-refractivity contribution is 6.32. The van der Waals surface area contributed by atoms with Gasteiger partial charge in [-0.1, -0.05) is 11.6 Å². The van der Waals surface area contributed by atoms with Crippen molar-refractivity contribution in [3.63, 3.8) is 0 Å². The molecule has 1 aromatic carbocycles. The molecule has 0 radical (unpaired) electrons. The van der Waals surface area contributed by atoms with Gasteiger partial charge in [-0.15, -0.1) is 0 Å². The molecular formula is C14H20ClNO. The fourth-order valence-corrected chi connectivity index (χ4v) is 2.95. The molecule has 1 aromatic rings. The van der Waals surface area contributed by atoms with Gasteiger partial charge in [-0.2, -0.15) is 0 Å². The predicted molar refractivity (Wildman–Crippen MR) is 71.9 cm³/mol. The Morgan fingerprint density at radius 1 is 1.24 bits per heavy atom. The van der Waals surface area contributed by atoms with Gasteiger partial charge in [0.15, 0.2) is 0 Å². The average Bonchev–Trinajstić information content (AvgIpc) is 2.33. The van der Waals surface area contributed by atoms with E-state index in [1.54, 1.807) is 7.11 Å². The number of aryl methyl sites for hydroxylation is 1. The summed E-state index contributed by atoms with van der Waals surface area (Å²) in [7, 11) is 1.65. The topological polar surface area (TPSA) is 35.2 Å². The van der Waals surface area contributed by atoms with Crippen molar-refractivity contribution < 1.29 is 4.74 Å². The molecule has 1 fully saturated rings. The van der Waals surface area contributed by atoms with Crippen LogP contribution in [0.5, 0.6) is 5.75 Å². The lowest BCUT2D eigenvalue weighted by molar-refractivity contribution is 0.392. The second-order valence-corrected chi connectivity index (χ2v) is 5.36. The zero-order valence-corrected chi connectivity index (χ0v) is 11.3. The largest absolute Gasteiger partial charge is 0.495 e. The molecule has 1 saturated carbocycles. The summed E-state index contributed by atoms with van der Waals surface area (Å²) < 4.78 is 5.23. The van der Waals surface area contributed by atoms with E-state index in [1.165, 1.54) is 24.0 Å². The second kappa shape index (κ2) is 5.28. The summed E-state index contributed by atoms with van der Waals surface area (Å²) in [6.07, 6.45) is 4.58. The number of ether oxygens (including phenoxy) is 1. The average molecular weight is 254 g/mol. The van der Waals surface area contributed by atoms with E-state index in [-0.39, 0.29) is 0 Å². The van der Waals surface area contributed by atoms with Gasteiger partial charge in [0.25, 0.3) is 0 Å². The number of rotatable bonds is 2. The molecule has 2 nitrogen and oxygen atoms in total. The molecule has 0 bridgehead atoms. The fourth-order valence-electron chi connectivity index (χ4n) is 2.70. The van der Waals surface area contributed by atoms with E-state index in [2.05, 4.69) is 13.0 Å². The Morgan fingerprint density at radius 2 is 1.88 bits per heavy atom. The van der Waals surface area contributed by atoms with Gasteiger partial charge >= 0.3 is 0 Å². The molecule has 1 aliphatic rings. The van der Waals surface area contributed by atoms with Gasteiger partial charge in [0, 0.05) is 6.04 Å². The first-order valence-corrected chi connectivity index (χ1v) is 6.59. The molecule has 17 heavy (non-hydrogen) atoms. The van der Waals surface area contributed by atoms with Crippen LogP contribution in [0.2, 0.25) is 5.02 Å². The Morgan fingerprint density at radius 3 is 2.47 bits per heavy atom. The number of halogens is 1. The highest BCUT2D eigenvalue weighted by Gasteiger charge is 2.22. The van der Waals surface area contributed by atoms with Gasteiger partial charge < -0.3 is 10.5 Å². The Balaban J connectivity index is 2.23. The maximum absolute atomic E-state index is 6.20. The molecule has 1 aliphatic carbocycles. The zero-order valence-electron chi connectivity index (χ0n) is 10.5. The minimum absolute atomic E-state index is 0.389. The quantitative estimate of drug-likeness (QED) is 0.873. The number of nitrogens with two attached hydrogens (primary N) is 1. The molecule has 0 aliphatic heterocycles. The molecule has 0 saturated heterocycles. The third-order valence-corrected chi connectivity index (χ3v) is 4.05. The highest BCUT2D eigenvalue weighted by atomic mass is 35.5. The van der Waals surface area contributed by atoms with Crippen LogP contribution in [0.25, 0.3) is 0 Å². The van der Waals surface area contributed by atoms with Crippen molar-refractivity contribution in [2.75, 3.05) is 7.11 Å². The van der Waals surface area contributed by atoms with Crippen molar-refractivity contribution >= 4 is 11.6 Å². The Labute approximate surface area is 108 Å². The highest BCUT2D eigenvalue weighted by Crippen LogP contribution is 2.37. The lowest BCUT2D eigenvalue weighted by atomic mass is 9.80. The summed E-state index contributed by atoms with van der Waals surface area (Å²) in [6, 6.07) is 4.49. The Hall–Kier alpha value is -0.730. The van der Waals surface area contributed by atoms with Gasteiger partial charge in [0.2, 0.25) is 0 Å². The smallest absolute Gasteiger partial charge is 0.137 e. The van der Waals surface area contributed by atoms with Crippen molar-refractivity contribution in [2.24, 2.45) is 5.73 Å². The van der Waals surface area contributed by atoms with Crippen molar-refractivity contribution in [3.05, 3.63) is 28.3 Å². The van der Waals surface area contributed by atoms with E-state index in [4.69, 9.17) is 22.1 Å². The van der Waals surface area contributed by atoms with Crippen LogP contribution in [0.3, 0.4) is 0 Å². The van der Waals surface area contributed by atoms with Gasteiger partial charge in [-0.05, 0) is 61.8 Å². The number of methoxy groups -OCH3 is 1. The molecule has 2 rings (SSSR count). The van der Waals surface area contributed by atoms with E-state index in [0.717, 1.165) is 18.6 Å². The maximum Gasteiger partial charge on any atom is 0.137 e. The van der Waals surface area contributed by atoms with Gasteiger partial charge in [-0.25, -0.2) is 0 Å². The predicted octanol–water partition coefficient (Wildman–Crippen LogP) is 3.64. The molecule has 0 atom stereocenters. The summed E-state index contributed by atoms with van der Waals surface area (Å²) in [5, 5.41) is 0.711. The molecule has 0 heterocycles. The monoisotopic (exact) mass is 253 g/mol. The summed E-state index contributed by atoms with van der Waals surface area (Å²) in [5.74, 6) is 1.37. The lowest BCUT2D eigenvalue weighted by Gasteiger charge is -2.27. The zero-order chi connectivity index (χ0) is 12.4.